The fraction of sp³-hybridized carbons (Fsp3) is 0.348. The maximum Gasteiger partial charge on any atom is 0.250 e. The van der Waals surface area contributed by atoms with Gasteiger partial charge in [0, 0.05) is 16.6 Å². The lowest BCUT2D eigenvalue weighted by molar-refractivity contribution is -0.143. The van der Waals surface area contributed by atoms with Crippen LogP contribution in [0.2, 0.25) is 10.0 Å². The zero-order valence-corrected chi connectivity index (χ0v) is 18.5. The van der Waals surface area contributed by atoms with Gasteiger partial charge in [0.15, 0.2) is 0 Å². The summed E-state index contributed by atoms with van der Waals surface area (Å²) in [6, 6.07) is 12.0. The van der Waals surface area contributed by atoms with E-state index in [9.17, 15) is 14.4 Å². The number of hydrogen-bond donors (Lipinski definition) is 2. The number of imide groups is 1. The van der Waals surface area contributed by atoms with Gasteiger partial charge < -0.3 is 5.32 Å². The first-order valence-corrected chi connectivity index (χ1v) is 11.0. The Bertz CT molecular complexity index is 1130. The predicted octanol–water partition coefficient (Wildman–Crippen LogP) is 3.57. The monoisotopic (exact) mass is 457 g/mol. The molecule has 3 amide bonds. The Morgan fingerprint density at radius 1 is 1.00 bits per heavy atom. The van der Waals surface area contributed by atoms with E-state index < -0.39 is 17.4 Å². The molecule has 0 radical (unpaired) electrons. The molecule has 2 aromatic rings. The molecule has 160 valence electrons. The number of anilines is 1. The number of fused-ring (bicyclic) bond motifs is 4. The quantitative estimate of drug-likeness (QED) is 0.690. The minimum atomic E-state index is -1.33. The number of rotatable bonds is 3. The van der Waals surface area contributed by atoms with E-state index in [0.717, 1.165) is 0 Å². The molecule has 6 nitrogen and oxygen atoms in total. The number of hydrogen-bond acceptors (Lipinski definition) is 4. The predicted molar refractivity (Wildman–Crippen MR) is 118 cm³/mol. The summed E-state index contributed by atoms with van der Waals surface area (Å²) in [6.45, 7) is 4.04. The molecule has 5 rings (SSSR count). The van der Waals surface area contributed by atoms with Crippen LogP contribution in [0.4, 0.5) is 5.69 Å². The Hall–Kier alpha value is -2.41. The number of halogens is 2. The normalized spacial score (nSPS) is 29.1. The minimum absolute atomic E-state index is 0.0277. The Balaban J connectivity index is 1.63. The van der Waals surface area contributed by atoms with Gasteiger partial charge in [-0.1, -0.05) is 67.4 Å². The lowest BCUT2D eigenvalue weighted by Gasteiger charge is -2.30. The molecule has 0 unspecified atom stereocenters. The van der Waals surface area contributed by atoms with E-state index in [1.807, 2.05) is 19.9 Å². The highest BCUT2D eigenvalue weighted by molar-refractivity contribution is 6.35. The first-order chi connectivity index (χ1) is 14.8. The van der Waals surface area contributed by atoms with Crippen LogP contribution in [0.1, 0.15) is 25.0 Å². The third kappa shape index (κ3) is 2.71. The molecular weight excluding hydrogens is 437 g/mol. The van der Waals surface area contributed by atoms with E-state index >= 15 is 0 Å². The summed E-state index contributed by atoms with van der Waals surface area (Å²) in [7, 11) is 0. The second-order valence-electron chi connectivity index (χ2n) is 8.70. The van der Waals surface area contributed by atoms with Crippen LogP contribution in [0, 0.1) is 17.8 Å². The van der Waals surface area contributed by atoms with E-state index in [4.69, 9.17) is 23.2 Å². The van der Waals surface area contributed by atoms with Crippen molar-refractivity contribution in [1.29, 1.82) is 0 Å². The second-order valence-corrected chi connectivity index (χ2v) is 9.51. The molecule has 4 atom stereocenters. The lowest BCUT2D eigenvalue weighted by Crippen LogP contribution is -2.53. The van der Waals surface area contributed by atoms with Gasteiger partial charge in [0.1, 0.15) is 5.54 Å². The molecule has 3 aliphatic heterocycles. The number of carbonyl (C=O) groups excluding carboxylic acids is 3. The molecule has 2 saturated heterocycles. The highest BCUT2D eigenvalue weighted by Crippen LogP contribution is 2.55. The van der Waals surface area contributed by atoms with Crippen LogP contribution in [-0.2, 0) is 26.5 Å². The highest BCUT2D eigenvalue weighted by atomic mass is 35.5. The number of carbonyl (C=O) groups is 3. The van der Waals surface area contributed by atoms with Crippen molar-refractivity contribution in [1.82, 2.24) is 10.2 Å². The number of benzene rings is 2. The summed E-state index contributed by atoms with van der Waals surface area (Å²) < 4.78 is 0. The molecule has 8 heteroatoms. The van der Waals surface area contributed by atoms with Crippen LogP contribution in [0.25, 0.3) is 0 Å². The Morgan fingerprint density at radius 3 is 2.42 bits per heavy atom. The molecule has 0 bridgehead atoms. The van der Waals surface area contributed by atoms with Gasteiger partial charge in [-0.15, -0.1) is 0 Å². The molecule has 1 spiro atoms. The van der Waals surface area contributed by atoms with Crippen LogP contribution in [0.3, 0.4) is 0 Å². The topological polar surface area (TPSA) is 78.5 Å². The van der Waals surface area contributed by atoms with Gasteiger partial charge in [-0.25, -0.2) is 0 Å². The van der Waals surface area contributed by atoms with E-state index in [-0.39, 0.29) is 36.2 Å². The van der Waals surface area contributed by atoms with Crippen LogP contribution in [0.5, 0.6) is 0 Å². The molecule has 2 fully saturated rings. The molecule has 0 aromatic heterocycles. The summed E-state index contributed by atoms with van der Waals surface area (Å²) >= 11 is 12.6. The van der Waals surface area contributed by atoms with Crippen LogP contribution >= 0.6 is 23.2 Å². The van der Waals surface area contributed by atoms with Crippen LogP contribution in [-0.4, -0.2) is 28.7 Å². The molecule has 3 aliphatic rings. The van der Waals surface area contributed by atoms with E-state index in [0.29, 0.717) is 26.9 Å². The van der Waals surface area contributed by atoms with Crippen molar-refractivity contribution in [2.24, 2.45) is 17.8 Å². The van der Waals surface area contributed by atoms with Crippen molar-refractivity contribution in [2.45, 2.75) is 32.0 Å². The van der Waals surface area contributed by atoms with Gasteiger partial charge in [0.2, 0.25) is 17.7 Å². The van der Waals surface area contributed by atoms with Crippen molar-refractivity contribution < 1.29 is 14.4 Å². The maximum atomic E-state index is 13.7. The third-order valence-electron chi connectivity index (χ3n) is 6.73. The second kappa shape index (κ2) is 7.05. The van der Waals surface area contributed by atoms with E-state index in [1.54, 1.807) is 36.4 Å². The first kappa shape index (κ1) is 20.5. The number of likely N-dealkylation sites (tertiary alicyclic amines) is 1. The average Bonchev–Trinajstić information content (AvgIpc) is 3.32. The van der Waals surface area contributed by atoms with Crippen LogP contribution in [0.15, 0.2) is 42.5 Å². The number of nitrogens with zero attached hydrogens (tertiary/aromatic N) is 1. The van der Waals surface area contributed by atoms with Crippen molar-refractivity contribution in [3.8, 4) is 0 Å². The maximum absolute atomic E-state index is 13.7. The fourth-order valence-corrected chi connectivity index (χ4v) is 5.73. The van der Waals surface area contributed by atoms with Gasteiger partial charge >= 0.3 is 0 Å². The van der Waals surface area contributed by atoms with Crippen molar-refractivity contribution in [3.63, 3.8) is 0 Å². The van der Waals surface area contributed by atoms with Gasteiger partial charge in [0.25, 0.3) is 0 Å². The standard InChI is InChI=1S/C23H21Cl2N3O3/c1-11(2)18-16-17(21(30)28(20(16)29)10-12-6-3-4-8-14(12)24)23(27-18)13-7-5-9-15(25)19(13)26-22(23)31/h3-9,11,16-18,27H,10H2,1-2H3,(H,26,31)/t16-,17+,18+,23+/m0/s1. The molecule has 0 saturated carbocycles. The van der Waals surface area contributed by atoms with E-state index in [2.05, 4.69) is 10.6 Å². The molecule has 3 heterocycles. The summed E-state index contributed by atoms with van der Waals surface area (Å²) in [5.41, 5.74) is 0.466. The van der Waals surface area contributed by atoms with E-state index in [1.165, 1.54) is 4.90 Å². The summed E-state index contributed by atoms with van der Waals surface area (Å²) in [4.78, 5) is 41.8. The zero-order valence-electron chi connectivity index (χ0n) is 17.0. The smallest absolute Gasteiger partial charge is 0.250 e. The molecule has 2 N–H and O–H groups in total. The Kier molecular flexibility index (Phi) is 4.66. The van der Waals surface area contributed by atoms with Crippen molar-refractivity contribution in [3.05, 3.63) is 63.6 Å². The SMILES string of the molecule is CC(C)[C@H]1N[C@@]2(C(=O)Nc3c(Cl)cccc32)[C@H]2C(=O)N(Cc3ccccc3Cl)C(=O)[C@H]12. The van der Waals surface area contributed by atoms with Crippen molar-refractivity contribution in [2.75, 3.05) is 5.32 Å². The van der Waals surface area contributed by atoms with Gasteiger partial charge in [-0.05, 0) is 23.6 Å². The number of para-hydroxylation sites is 1. The first-order valence-electron chi connectivity index (χ1n) is 10.2. The van der Waals surface area contributed by atoms with Crippen LogP contribution < -0.4 is 10.6 Å². The van der Waals surface area contributed by atoms with Crippen molar-refractivity contribution >= 4 is 46.6 Å². The fourth-order valence-electron chi connectivity index (χ4n) is 5.31. The lowest BCUT2D eigenvalue weighted by atomic mass is 9.76. The summed E-state index contributed by atoms with van der Waals surface area (Å²) in [6.07, 6.45) is 0. The van der Waals surface area contributed by atoms with Gasteiger partial charge in [-0.2, -0.15) is 0 Å². The molecule has 0 aliphatic carbocycles. The van der Waals surface area contributed by atoms with Gasteiger partial charge in [-0.3, -0.25) is 24.6 Å². The molecular formula is C23H21Cl2N3O3. The largest absolute Gasteiger partial charge is 0.323 e. The number of amides is 3. The molecule has 2 aromatic carbocycles. The highest BCUT2D eigenvalue weighted by Gasteiger charge is 2.70. The Labute approximate surface area is 189 Å². The average molecular weight is 458 g/mol. The zero-order chi connectivity index (χ0) is 22.1. The molecule has 31 heavy (non-hydrogen) atoms. The minimum Gasteiger partial charge on any atom is -0.323 e. The van der Waals surface area contributed by atoms with Gasteiger partial charge in [0.05, 0.1) is 29.1 Å². The summed E-state index contributed by atoms with van der Waals surface area (Å²) in [5.74, 6) is -2.47. The summed E-state index contributed by atoms with van der Waals surface area (Å²) in [5, 5.41) is 7.13. The Morgan fingerprint density at radius 2 is 1.71 bits per heavy atom. The number of nitrogens with one attached hydrogen (secondary N) is 2. The third-order valence-corrected chi connectivity index (χ3v) is 7.41.